The number of aliphatic hydroxyl groups is 1. The molecule has 1 N–H and O–H groups in total. The number of hydrogen-bond acceptors (Lipinski definition) is 6. The molecule has 37 heavy (non-hydrogen) atoms. The van der Waals surface area contributed by atoms with Crippen molar-refractivity contribution in [3.05, 3.63) is 64.7 Å². The lowest BCUT2D eigenvalue weighted by molar-refractivity contribution is -0.0733. The zero-order chi connectivity index (χ0) is 26.4. The molecule has 0 bridgehead atoms. The van der Waals surface area contributed by atoms with Gasteiger partial charge < -0.3 is 19.5 Å². The molecule has 3 fully saturated rings. The van der Waals surface area contributed by atoms with Gasteiger partial charge in [0.25, 0.3) is 0 Å². The van der Waals surface area contributed by atoms with Crippen LogP contribution in [-0.2, 0) is 19.5 Å². The molecule has 5 rings (SSSR count). The average Bonchev–Trinajstić information content (AvgIpc) is 3.47. The van der Waals surface area contributed by atoms with E-state index in [0.717, 1.165) is 18.6 Å². The van der Waals surface area contributed by atoms with Crippen LogP contribution in [0.1, 0.15) is 37.3 Å². The Hall–Kier alpha value is -2.31. The predicted molar refractivity (Wildman–Crippen MR) is 129 cm³/mol. The van der Waals surface area contributed by atoms with E-state index in [2.05, 4.69) is 0 Å². The van der Waals surface area contributed by atoms with Crippen molar-refractivity contribution in [1.29, 1.82) is 0 Å². The Morgan fingerprint density at radius 3 is 2.43 bits per heavy atom. The number of sulfonamides is 1. The van der Waals surface area contributed by atoms with Gasteiger partial charge in [0.1, 0.15) is 17.2 Å². The lowest BCUT2D eigenvalue weighted by atomic mass is 10.0. The van der Waals surface area contributed by atoms with E-state index < -0.39 is 45.4 Å². The summed E-state index contributed by atoms with van der Waals surface area (Å²) in [5.41, 5.74) is -1.09. The van der Waals surface area contributed by atoms with Crippen molar-refractivity contribution < 1.29 is 36.6 Å². The third-order valence-electron chi connectivity index (χ3n) is 7.29. The summed E-state index contributed by atoms with van der Waals surface area (Å²) in [6, 6.07) is 6.08. The highest BCUT2D eigenvalue weighted by Gasteiger charge is 2.61. The summed E-state index contributed by atoms with van der Waals surface area (Å²) in [5.74, 6) is -1.70. The molecule has 0 radical (unpaired) electrons. The Balaban J connectivity index is 1.54. The molecule has 1 aliphatic carbocycles. The van der Waals surface area contributed by atoms with Crippen molar-refractivity contribution in [2.45, 2.75) is 54.3 Å². The summed E-state index contributed by atoms with van der Waals surface area (Å²) in [5, 5.41) is 9.97. The van der Waals surface area contributed by atoms with Crippen molar-refractivity contribution >= 4 is 27.7 Å². The monoisotopic (exact) mass is 556 g/mol. The fraction of sp³-hybridized carbons (Fsp3) is 0.480. The summed E-state index contributed by atoms with van der Waals surface area (Å²) in [4.78, 5) is 14.5. The van der Waals surface area contributed by atoms with Crippen LogP contribution in [0.5, 0.6) is 0 Å². The third kappa shape index (κ3) is 5.07. The summed E-state index contributed by atoms with van der Waals surface area (Å²) >= 11 is 5.97. The van der Waals surface area contributed by atoms with E-state index in [1.54, 1.807) is 0 Å². The quantitative estimate of drug-likeness (QED) is 0.580. The minimum atomic E-state index is -4.26. The number of amides is 1. The lowest BCUT2D eigenvalue weighted by Gasteiger charge is -2.44. The first-order chi connectivity index (χ1) is 17.6. The molecular formula is C25H27ClF2N2O6S. The Kier molecular flexibility index (Phi) is 7.18. The third-order valence-corrected chi connectivity index (χ3v) is 9.47. The smallest absolute Gasteiger partial charge is 0.410 e. The molecule has 1 saturated carbocycles. The Morgan fingerprint density at radius 2 is 1.81 bits per heavy atom. The van der Waals surface area contributed by atoms with Crippen LogP contribution in [0.2, 0.25) is 5.02 Å². The number of likely N-dealkylation sites (tertiary alicyclic amines) is 1. The highest BCUT2D eigenvalue weighted by molar-refractivity contribution is 7.89. The van der Waals surface area contributed by atoms with Gasteiger partial charge in [0, 0.05) is 17.6 Å². The van der Waals surface area contributed by atoms with Crippen LogP contribution in [0.3, 0.4) is 0 Å². The van der Waals surface area contributed by atoms with Gasteiger partial charge in [0.05, 0.1) is 42.8 Å². The van der Waals surface area contributed by atoms with Gasteiger partial charge in [-0.05, 0) is 67.6 Å². The Bertz CT molecular complexity index is 1250. The maximum absolute atomic E-state index is 14.2. The zero-order valence-electron chi connectivity index (χ0n) is 19.9. The van der Waals surface area contributed by atoms with Crippen molar-refractivity contribution in [3.63, 3.8) is 0 Å². The predicted octanol–water partition coefficient (Wildman–Crippen LogP) is 3.87. The first kappa shape index (κ1) is 26.3. The van der Waals surface area contributed by atoms with Crippen LogP contribution < -0.4 is 0 Å². The molecule has 2 heterocycles. The highest BCUT2D eigenvalue weighted by Crippen LogP contribution is 2.50. The molecule has 1 amide bonds. The fourth-order valence-electron chi connectivity index (χ4n) is 5.24. The van der Waals surface area contributed by atoms with Crippen LogP contribution in [0, 0.1) is 11.6 Å². The molecule has 2 aliphatic heterocycles. The zero-order valence-corrected chi connectivity index (χ0v) is 21.4. The van der Waals surface area contributed by atoms with E-state index in [-0.39, 0.29) is 36.3 Å². The van der Waals surface area contributed by atoms with Crippen molar-refractivity contribution in [1.82, 2.24) is 9.21 Å². The molecule has 200 valence electrons. The Morgan fingerprint density at radius 1 is 1.14 bits per heavy atom. The molecule has 3 aliphatic rings. The number of rotatable bonds is 6. The van der Waals surface area contributed by atoms with E-state index in [9.17, 15) is 27.1 Å². The molecule has 3 atom stereocenters. The van der Waals surface area contributed by atoms with E-state index in [1.165, 1.54) is 33.5 Å². The van der Waals surface area contributed by atoms with E-state index in [1.807, 2.05) is 0 Å². The average molecular weight is 557 g/mol. The van der Waals surface area contributed by atoms with Gasteiger partial charge >= 0.3 is 6.09 Å². The number of nitrogens with zero attached hydrogens (tertiary/aromatic N) is 2. The number of halogens is 3. The molecule has 2 saturated heterocycles. The second-order valence-electron chi connectivity index (χ2n) is 9.67. The molecule has 0 spiro atoms. The van der Waals surface area contributed by atoms with Gasteiger partial charge in [-0.25, -0.2) is 22.0 Å². The van der Waals surface area contributed by atoms with Gasteiger partial charge in [-0.2, -0.15) is 4.31 Å². The van der Waals surface area contributed by atoms with Crippen molar-refractivity contribution in [3.8, 4) is 0 Å². The topological polar surface area (TPSA) is 96.4 Å². The first-order valence-corrected chi connectivity index (χ1v) is 13.9. The number of ether oxygens (including phenoxy) is 2. The summed E-state index contributed by atoms with van der Waals surface area (Å²) in [6.45, 7) is 0.0188. The summed E-state index contributed by atoms with van der Waals surface area (Å²) < 4.78 is 69.3. The SMILES string of the molecule is O=C(OC1([C@H]2COC[C@@H](c3cc(F)cc(F)c3)N2S(=O)(=O)c2ccc(Cl)cc2)CC1)N1CCC[C@H]1CO. The van der Waals surface area contributed by atoms with E-state index in [4.69, 9.17) is 21.1 Å². The molecule has 12 heteroatoms. The molecule has 0 aromatic heterocycles. The second-order valence-corrected chi connectivity index (χ2v) is 11.9. The number of carbonyl (C=O) groups is 1. The fourth-order valence-corrected chi connectivity index (χ4v) is 7.19. The molecule has 8 nitrogen and oxygen atoms in total. The van der Waals surface area contributed by atoms with Crippen LogP contribution in [-0.4, -0.2) is 72.9 Å². The van der Waals surface area contributed by atoms with Crippen molar-refractivity contribution in [2.24, 2.45) is 0 Å². The van der Waals surface area contributed by atoms with E-state index >= 15 is 0 Å². The minimum Gasteiger partial charge on any atom is -0.441 e. The minimum absolute atomic E-state index is 0.0623. The lowest BCUT2D eigenvalue weighted by Crippen LogP contribution is -2.58. The number of hydrogen-bond donors (Lipinski definition) is 1. The van der Waals surface area contributed by atoms with Gasteiger partial charge in [0.15, 0.2) is 0 Å². The van der Waals surface area contributed by atoms with Crippen LogP contribution in [0.4, 0.5) is 13.6 Å². The summed E-state index contributed by atoms with van der Waals surface area (Å²) in [6.07, 6.45) is 1.53. The number of carbonyl (C=O) groups excluding carboxylic acids is 1. The second kappa shape index (κ2) is 10.1. The standard InChI is InChI=1S/C25H27ClF2N2O6S/c26-17-3-5-21(6-4-17)37(33,34)30-22(16-10-18(27)12-19(28)11-16)14-35-15-23(30)25(7-8-25)36-24(32)29-9-1-2-20(29)13-31/h3-6,10-12,20,22-23,31H,1-2,7-9,13-15H2/t20-,22-,23+/m0/s1. The first-order valence-electron chi connectivity index (χ1n) is 12.1. The maximum atomic E-state index is 14.2. The van der Waals surface area contributed by atoms with Gasteiger partial charge in [-0.1, -0.05) is 11.6 Å². The van der Waals surface area contributed by atoms with Crippen LogP contribution >= 0.6 is 11.6 Å². The Labute approximate surface area is 218 Å². The van der Waals surface area contributed by atoms with Crippen LogP contribution in [0.25, 0.3) is 0 Å². The molecule has 0 unspecified atom stereocenters. The normalized spacial score (nSPS) is 25.7. The van der Waals surface area contributed by atoms with Crippen molar-refractivity contribution in [2.75, 3.05) is 26.4 Å². The van der Waals surface area contributed by atoms with Gasteiger partial charge in [-0.15, -0.1) is 0 Å². The molecule has 2 aromatic rings. The number of aliphatic hydroxyl groups excluding tert-OH is 1. The number of morpholine rings is 1. The van der Waals surface area contributed by atoms with Gasteiger partial charge in [0.2, 0.25) is 10.0 Å². The molecule has 2 aromatic carbocycles. The van der Waals surface area contributed by atoms with E-state index in [0.29, 0.717) is 36.9 Å². The number of benzene rings is 2. The highest BCUT2D eigenvalue weighted by atomic mass is 35.5. The largest absolute Gasteiger partial charge is 0.441 e. The van der Waals surface area contributed by atoms with Crippen LogP contribution in [0.15, 0.2) is 47.4 Å². The van der Waals surface area contributed by atoms with Gasteiger partial charge in [-0.3, -0.25) is 0 Å². The molecular weight excluding hydrogens is 530 g/mol. The maximum Gasteiger partial charge on any atom is 0.410 e. The summed E-state index contributed by atoms with van der Waals surface area (Å²) in [7, 11) is -4.26.